The van der Waals surface area contributed by atoms with Crippen LogP contribution in [0.25, 0.3) is 10.6 Å². The van der Waals surface area contributed by atoms with Crippen molar-refractivity contribution in [3.63, 3.8) is 0 Å². The van der Waals surface area contributed by atoms with Crippen LogP contribution in [0.1, 0.15) is 20.3 Å². The smallest absolute Gasteiger partial charge is 0.319 e. The highest BCUT2D eigenvalue weighted by atomic mass is 79.9. The maximum Gasteiger partial charge on any atom is 0.319 e. The van der Waals surface area contributed by atoms with Crippen molar-refractivity contribution in [2.45, 2.75) is 26.3 Å². The number of nitrogens with one attached hydrogen (secondary N) is 3. The van der Waals surface area contributed by atoms with E-state index in [0.29, 0.717) is 27.8 Å². The fourth-order valence-corrected chi connectivity index (χ4v) is 3.73. The van der Waals surface area contributed by atoms with E-state index in [1.165, 1.54) is 23.5 Å². The average Bonchev–Trinajstić information content (AvgIpc) is 3.22. The normalized spacial score (nSPS) is 12.6. The molecule has 3 N–H and O–H groups in total. The van der Waals surface area contributed by atoms with Crippen LogP contribution in [-0.2, 0) is 4.79 Å². The Kier molecular flexibility index (Phi) is 7.69. The molecule has 31 heavy (non-hydrogen) atoms. The lowest BCUT2D eigenvalue weighted by Crippen LogP contribution is -2.49. The van der Waals surface area contributed by atoms with E-state index in [1.807, 2.05) is 26.0 Å². The molecule has 0 aliphatic rings. The summed E-state index contributed by atoms with van der Waals surface area (Å²) in [6.45, 7) is 3.82. The van der Waals surface area contributed by atoms with Crippen molar-refractivity contribution in [1.29, 1.82) is 0 Å². The summed E-state index contributed by atoms with van der Waals surface area (Å²) in [5.41, 5.74) is 1.31. The Hall–Kier alpha value is -2.85. The molecule has 2 unspecified atom stereocenters. The van der Waals surface area contributed by atoms with Gasteiger partial charge in [-0.25, -0.2) is 9.18 Å². The lowest BCUT2D eigenvalue weighted by Gasteiger charge is -2.23. The topological polar surface area (TPSA) is 96.0 Å². The molecule has 0 radical (unpaired) electrons. The van der Waals surface area contributed by atoms with E-state index in [9.17, 15) is 14.0 Å². The van der Waals surface area contributed by atoms with Crippen LogP contribution >= 0.6 is 27.3 Å². The van der Waals surface area contributed by atoms with Gasteiger partial charge in [-0.2, -0.15) is 0 Å². The maximum atomic E-state index is 13.1. The van der Waals surface area contributed by atoms with Crippen molar-refractivity contribution in [1.82, 2.24) is 15.5 Å². The summed E-state index contributed by atoms with van der Waals surface area (Å²) in [6, 6.07) is 11.7. The molecule has 0 saturated carbocycles. The zero-order valence-corrected chi connectivity index (χ0v) is 19.3. The highest BCUT2D eigenvalue weighted by Gasteiger charge is 2.27. The van der Waals surface area contributed by atoms with Gasteiger partial charge >= 0.3 is 6.03 Å². The first kappa shape index (κ1) is 22.8. The van der Waals surface area contributed by atoms with Crippen molar-refractivity contribution in [2.75, 3.05) is 10.6 Å². The van der Waals surface area contributed by atoms with Gasteiger partial charge in [0.15, 0.2) is 0 Å². The van der Waals surface area contributed by atoms with Gasteiger partial charge in [-0.1, -0.05) is 47.5 Å². The van der Waals surface area contributed by atoms with Crippen LogP contribution in [0.4, 0.5) is 20.0 Å². The number of nitrogens with zero attached hydrogens (tertiary/aromatic N) is 2. The molecule has 3 amide bonds. The van der Waals surface area contributed by atoms with Crippen molar-refractivity contribution in [3.05, 3.63) is 58.8 Å². The molecule has 162 valence electrons. The van der Waals surface area contributed by atoms with Gasteiger partial charge in [-0.05, 0) is 54.4 Å². The molecule has 0 bridgehead atoms. The number of benzene rings is 2. The minimum Gasteiger partial charge on any atom is -0.326 e. The second-order valence-electron chi connectivity index (χ2n) is 6.88. The van der Waals surface area contributed by atoms with Gasteiger partial charge in [0.05, 0.1) is 0 Å². The molecule has 0 fully saturated rings. The number of carbonyl (C=O) groups is 2. The Morgan fingerprint density at radius 2 is 1.74 bits per heavy atom. The number of hydrogen-bond acceptors (Lipinski definition) is 5. The molecule has 2 aromatic carbocycles. The monoisotopic (exact) mass is 505 g/mol. The van der Waals surface area contributed by atoms with Crippen LogP contribution in [0.5, 0.6) is 0 Å². The minimum atomic E-state index is -0.765. The molecule has 10 heteroatoms. The Bertz CT molecular complexity index is 1040. The highest BCUT2D eigenvalue weighted by Crippen LogP contribution is 2.26. The molecule has 3 rings (SSSR count). The van der Waals surface area contributed by atoms with Gasteiger partial charge in [0.2, 0.25) is 11.0 Å². The predicted molar refractivity (Wildman–Crippen MR) is 123 cm³/mol. The first-order valence-electron chi connectivity index (χ1n) is 9.59. The fraction of sp³-hybridized carbons (Fsp3) is 0.238. The van der Waals surface area contributed by atoms with Crippen LogP contribution in [-0.4, -0.2) is 28.2 Å². The van der Waals surface area contributed by atoms with E-state index >= 15 is 0 Å². The van der Waals surface area contributed by atoms with E-state index in [0.717, 1.165) is 4.47 Å². The van der Waals surface area contributed by atoms with Crippen LogP contribution in [0, 0.1) is 11.7 Å². The number of halogens is 2. The number of urea groups is 1. The quantitative estimate of drug-likeness (QED) is 0.406. The molecule has 0 aliphatic carbocycles. The molecular formula is C21H21BrFN5O2S. The van der Waals surface area contributed by atoms with Crippen LogP contribution < -0.4 is 16.0 Å². The van der Waals surface area contributed by atoms with Crippen LogP contribution in [0.3, 0.4) is 0 Å². The summed E-state index contributed by atoms with van der Waals surface area (Å²) in [6.07, 6.45) is 0.688. The summed E-state index contributed by atoms with van der Waals surface area (Å²) in [4.78, 5) is 25.3. The van der Waals surface area contributed by atoms with Gasteiger partial charge in [-0.3, -0.25) is 10.1 Å². The first-order chi connectivity index (χ1) is 14.9. The van der Waals surface area contributed by atoms with E-state index in [4.69, 9.17) is 0 Å². The summed E-state index contributed by atoms with van der Waals surface area (Å²) in [5.74, 6) is -0.840. The van der Waals surface area contributed by atoms with Gasteiger partial charge < -0.3 is 10.6 Å². The van der Waals surface area contributed by atoms with Crippen LogP contribution in [0.2, 0.25) is 0 Å². The molecule has 3 aromatic rings. The van der Waals surface area contributed by atoms with Gasteiger partial charge in [-0.15, -0.1) is 10.2 Å². The summed E-state index contributed by atoms with van der Waals surface area (Å²) in [7, 11) is 0. The molecule has 2 atom stereocenters. The number of amides is 3. The molecule has 0 saturated heterocycles. The van der Waals surface area contributed by atoms with E-state index in [-0.39, 0.29) is 17.6 Å². The second kappa shape index (κ2) is 10.5. The number of carbonyl (C=O) groups excluding carboxylic acids is 2. The standard InChI is InChI=1S/C21H21BrFN5O2S/c1-3-12(2)17(25-20(30)24-16-10-6-14(22)7-11-16)18(29)26-21-28-27-19(31-21)13-4-8-15(23)9-5-13/h4-12,17H,3H2,1-2H3,(H2,24,25,30)(H,26,28,29). The number of hydrogen-bond donors (Lipinski definition) is 3. The Morgan fingerprint density at radius 1 is 1.06 bits per heavy atom. The van der Waals surface area contributed by atoms with E-state index in [2.05, 4.69) is 42.1 Å². The molecular weight excluding hydrogens is 485 g/mol. The van der Waals surface area contributed by atoms with E-state index < -0.39 is 12.1 Å². The Balaban J connectivity index is 1.66. The first-order valence-corrected chi connectivity index (χ1v) is 11.2. The molecule has 1 aromatic heterocycles. The number of anilines is 2. The van der Waals surface area contributed by atoms with Gasteiger partial charge in [0.1, 0.15) is 16.9 Å². The second-order valence-corrected chi connectivity index (χ2v) is 8.77. The highest BCUT2D eigenvalue weighted by molar-refractivity contribution is 9.10. The number of rotatable bonds is 7. The molecule has 7 nitrogen and oxygen atoms in total. The Morgan fingerprint density at radius 3 is 2.39 bits per heavy atom. The minimum absolute atomic E-state index is 0.111. The SMILES string of the molecule is CCC(C)C(NC(=O)Nc1ccc(Br)cc1)C(=O)Nc1nnc(-c2ccc(F)cc2)s1. The third kappa shape index (κ3) is 6.31. The molecule has 0 aliphatic heterocycles. The van der Waals surface area contributed by atoms with E-state index in [1.54, 1.807) is 24.3 Å². The lowest BCUT2D eigenvalue weighted by atomic mass is 9.98. The summed E-state index contributed by atoms with van der Waals surface area (Å²) in [5, 5.41) is 17.1. The number of aromatic nitrogens is 2. The zero-order valence-electron chi connectivity index (χ0n) is 16.9. The maximum absolute atomic E-state index is 13.1. The fourth-order valence-electron chi connectivity index (χ4n) is 2.71. The lowest BCUT2D eigenvalue weighted by molar-refractivity contribution is -0.119. The van der Waals surface area contributed by atoms with Crippen molar-refractivity contribution in [3.8, 4) is 10.6 Å². The molecule has 0 spiro atoms. The third-order valence-electron chi connectivity index (χ3n) is 4.63. The van der Waals surface area contributed by atoms with Gasteiger partial charge in [0, 0.05) is 15.7 Å². The average molecular weight is 506 g/mol. The largest absolute Gasteiger partial charge is 0.326 e. The molecule has 1 heterocycles. The summed E-state index contributed by atoms with van der Waals surface area (Å²) < 4.78 is 14.0. The van der Waals surface area contributed by atoms with Crippen LogP contribution in [0.15, 0.2) is 53.0 Å². The summed E-state index contributed by atoms with van der Waals surface area (Å²) >= 11 is 4.51. The zero-order chi connectivity index (χ0) is 22.4. The predicted octanol–water partition coefficient (Wildman–Crippen LogP) is 5.28. The van der Waals surface area contributed by atoms with Crippen molar-refractivity contribution < 1.29 is 14.0 Å². The Labute approximate surface area is 191 Å². The van der Waals surface area contributed by atoms with Crippen molar-refractivity contribution in [2.24, 2.45) is 5.92 Å². The van der Waals surface area contributed by atoms with Gasteiger partial charge in [0.25, 0.3) is 0 Å². The van der Waals surface area contributed by atoms with Crippen molar-refractivity contribution >= 4 is 50.0 Å². The third-order valence-corrected chi connectivity index (χ3v) is 6.05.